The minimum absolute atomic E-state index is 0.0277. The van der Waals surface area contributed by atoms with E-state index in [4.69, 9.17) is 5.73 Å². The van der Waals surface area contributed by atoms with Gasteiger partial charge in [0.05, 0.1) is 6.54 Å². The highest BCUT2D eigenvalue weighted by molar-refractivity contribution is 5.79. The van der Waals surface area contributed by atoms with Crippen LogP contribution in [0.2, 0.25) is 0 Å². The normalized spacial score (nSPS) is 11.1. The minimum Gasteiger partial charge on any atom is -0.370 e. The molecule has 0 saturated carbocycles. The van der Waals surface area contributed by atoms with E-state index >= 15 is 0 Å². The van der Waals surface area contributed by atoms with Crippen molar-refractivity contribution in [2.24, 2.45) is 10.7 Å². The van der Waals surface area contributed by atoms with Gasteiger partial charge >= 0.3 is 0 Å². The Morgan fingerprint density at radius 1 is 1.36 bits per heavy atom. The van der Waals surface area contributed by atoms with Crippen LogP contribution < -0.4 is 16.4 Å². The fourth-order valence-electron chi connectivity index (χ4n) is 0.868. The second-order valence-electron chi connectivity index (χ2n) is 2.90. The van der Waals surface area contributed by atoms with Gasteiger partial charge in [0.25, 0.3) is 0 Å². The van der Waals surface area contributed by atoms with E-state index in [0.29, 0.717) is 18.9 Å². The third-order valence-corrected chi connectivity index (χ3v) is 1.55. The summed E-state index contributed by atoms with van der Waals surface area (Å²) in [7, 11) is 0. The van der Waals surface area contributed by atoms with Gasteiger partial charge in [0.1, 0.15) is 0 Å². The van der Waals surface area contributed by atoms with Gasteiger partial charge in [-0.2, -0.15) is 0 Å². The first-order valence-corrected chi connectivity index (χ1v) is 5.01. The second-order valence-corrected chi connectivity index (χ2v) is 2.90. The van der Waals surface area contributed by atoms with Crippen LogP contribution in [0.5, 0.6) is 0 Å². The van der Waals surface area contributed by atoms with Crippen molar-refractivity contribution in [3.63, 3.8) is 0 Å². The van der Waals surface area contributed by atoms with Gasteiger partial charge in [-0.15, -0.1) is 0 Å². The summed E-state index contributed by atoms with van der Waals surface area (Å²) in [5.41, 5.74) is 5.48. The molecule has 0 bridgehead atoms. The maximum absolute atomic E-state index is 11.1. The first-order chi connectivity index (χ1) is 6.70. The molecule has 0 aromatic heterocycles. The van der Waals surface area contributed by atoms with Crippen LogP contribution >= 0.6 is 0 Å². The van der Waals surface area contributed by atoms with E-state index in [-0.39, 0.29) is 5.91 Å². The van der Waals surface area contributed by atoms with Gasteiger partial charge in [0.2, 0.25) is 5.91 Å². The Morgan fingerprint density at radius 3 is 2.64 bits per heavy atom. The monoisotopic (exact) mass is 200 g/mol. The molecule has 0 saturated heterocycles. The summed E-state index contributed by atoms with van der Waals surface area (Å²) in [6.07, 6.45) is 1.35. The molecule has 0 radical (unpaired) electrons. The van der Waals surface area contributed by atoms with Crippen molar-refractivity contribution in [2.45, 2.75) is 26.7 Å². The molecule has 0 aromatic rings. The topological polar surface area (TPSA) is 79.5 Å². The number of amides is 1. The number of rotatable bonds is 6. The van der Waals surface area contributed by atoms with Crippen LogP contribution in [-0.4, -0.2) is 31.5 Å². The molecule has 82 valence electrons. The minimum atomic E-state index is 0.0277. The molecule has 5 nitrogen and oxygen atoms in total. The third kappa shape index (κ3) is 7.39. The fourth-order valence-corrected chi connectivity index (χ4v) is 0.868. The zero-order valence-corrected chi connectivity index (χ0v) is 8.97. The number of nitrogens with one attached hydrogen (secondary N) is 2. The average Bonchev–Trinajstić information content (AvgIpc) is 2.15. The Balaban J connectivity index is 3.52. The Kier molecular flexibility index (Phi) is 7.59. The largest absolute Gasteiger partial charge is 0.370 e. The molecule has 0 aliphatic heterocycles. The predicted molar refractivity (Wildman–Crippen MR) is 58.1 cm³/mol. The van der Waals surface area contributed by atoms with Gasteiger partial charge < -0.3 is 16.4 Å². The molecule has 0 atom stereocenters. The molecular weight excluding hydrogens is 180 g/mol. The van der Waals surface area contributed by atoms with E-state index < -0.39 is 0 Å². The van der Waals surface area contributed by atoms with Crippen molar-refractivity contribution in [1.29, 1.82) is 0 Å². The standard InChI is InChI=1S/C9H20N4O/c1-3-6-12-8(14)5-7-13-9(10)11-4-2/h3-7H2,1-2H3,(H,12,14)(H3,10,11,13). The van der Waals surface area contributed by atoms with Gasteiger partial charge in [-0.1, -0.05) is 6.92 Å². The van der Waals surface area contributed by atoms with Crippen molar-refractivity contribution in [3.8, 4) is 0 Å². The Labute approximate surface area is 85.2 Å². The predicted octanol–water partition coefficient (Wildman–Crippen LogP) is -0.173. The highest BCUT2D eigenvalue weighted by atomic mass is 16.1. The van der Waals surface area contributed by atoms with Crippen molar-refractivity contribution < 1.29 is 4.79 Å². The van der Waals surface area contributed by atoms with Crippen molar-refractivity contribution in [2.75, 3.05) is 19.6 Å². The maximum atomic E-state index is 11.1. The first kappa shape index (κ1) is 12.7. The highest BCUT2D eigenvalue weighted by Crippen LogP contribution is 1.82. The summed E-state index contributed by atoms with van der Waals surface area (Å²) >= 11 is 0. The number of hydrogen-bond acceptors (Lipinski definition) is 2. The summed E-state index contributed by atoms with van der Waals surface area (Å²) < 4.78 is 0. The fraction of sp³-hybridized carbons (Fsp3) is 0.778. The molecule has 14 heavy (non-hydrogen) atoms. The van der Waals surface area contributed by atoms with Crippen molar-refractivity contribution in [1.82, 2.24) is 10.6 Å². The van der Waals surface area contributed by atoms with Crippen LogP contribution in [0.3, 0.4) is 0 Å². The van der Waals surface area contributed by atoms with Crippen LogP contribution in [0.25, 0.3) is 0 Å². The molecule has 0 spiro atoms. The van der Waals surface area contributed by atoms with E-state index in [2.05, 4.69) is 15.6 Å². The van der Waals surface area contributed by atoms with E-state index in [1.807, 2.05) is 13.8 Å². The lowest BCUT2D eigenvalue weighted by Crippen LogP contribution is -2.32. The molecular formula is C9H20N4O. The molecule has 0 heterocycles. The molecule has 5 heteroatoms. The lowest BCUT2D eigenvalue weighted by Gasteiger charge is -2.02. The lowest BCUT2D eigenvalue weighted by molar-refractivity contribution is -0.120. The number of aliphatic imine (C=N–C) groups is 1. The number of hydrogen-bond donors (Lipinski definition) is 3. The molecule has 0 rings (SSSR count). The number of carbonyl (C=O) groups excluding carboxylic acids is 1. The summed E-state index contributed by atoms with van der Waals surface area (Å²) in [6, 6.07) is 0. The van der Waals surface area contributed by atoms with E-state index in [9.17, 15) is 4.79 Å². The van der Waals surface area contributed by atoms with Gasteiger partial charge in [-0.3, -0.25) is 9.79 Å². The molecule has 1 amide bonds. The van der Waals surface area contributed by atoms with Crippen LogP contribution in [0.4, 0.5) is 0 Å². The Hall–Kier alpha value is -1.26. The lowest BCUT2D eigenvalue weighted by atomic mass is 10.4. The van der Waals surface area contributed by atoms with Crippen LogP contribution in [-0.2, 0) is 4.79 Å². The van der Waals surface area contributed by atoms with Crippen LogP contribution in [0.1, 0.15) is 26.7 Å². The SMILES string of the molecule is CCCNC(=O)CCN=C(N)NCC. The molecule has 0 aromatic carbocycles. The first-order valence-electron chi connectivity index (χ1n) is 5.01. The molecule has 0 aliphatic rings. The van der Waals surface area contributed by atoms with Crippen molar-refractivity contribution >= 4 is 11.9 Å². The molecule has 4 N–H and O–H groups in total. The van der Waals surface area contributed by atoms with Gasteiger partial charge in [0, 0.05) is 19.5 Å². The van der Waals surface area contributed by atoms with Crippen molar-refractivity contribution in [3.05, 3.63) is 0 Å². The molecule has 0 fully saturated rings. The van der Waals surface area contributed by atoms with Crippen LogP contribution in [0, 0.1) is 0 Å². The Bertz CT molecular complexity index is 191. The second kappa shape index (κ2) is 8.34. The van der Waals surface area contributed by atoms with E-state index in [0.717, 1.165) is 19.5 Å². The zero-order chi connectivity index (χ0) is 10.8. The summed E-state index contributed by atoms with van der Waals surface area (Å²) in [4.78, 5) is 15.1. The number of nitrogens with two attached hydrogens (primary N) is 1. The van der Waals surface area contributed by atoms with Gasteiger partial charge in [-0.05, 0) is 13.3 Å². The summed E-state index contributed by atoms with van der Waals surface area (Å²) in [6.45, 7) is 5.87. The maximum Gasteiger partial charge on any atom is 0.221 e. The summed E-state index contributed by atoms with van der Waals surface area (Å²) in [5, 5.41) is 5.63. The van der Waals surface area contributed by atoms with Gasteiger partial charge in [-0.25, -0.2) is 0 Å². The number of guanidine groups is 1. The van der Waals surface area contributed by atoms with E-state index in [1.165, 1.54) is 0 Å². The highest BCUT2D eigenvalue weighted by Gasteiger charge is 1.98. The Morgan fingerprint density at radius 2 is 2.07 bits per heavy atom. The summed E-state index contributed by atoms with van der Waals surface area (Å²) in [5.74, 6) is 0.427. The zero-order valence-electron chi connectivity index (χ0n) is 8.97. The van der Waals surface area contributed by atoms with E-state index in [1.54, 1.807) is 0 Å². The number of carbonyl (C=O) groups is 1. The number of nitrogens with zero attached hydrogens (tertiary/aromatic N) is 1. The quantitative estimate of drug-likeness (QED) is 0.411. The van der Waals surface area contributed by atoms with Gasteiger partial charge in [0.15, 0.2) is 5.96 Å². The molecule has 0 unspecified atom stereocenters. The van der Waals surface area contributed by atoms with Crippen LogP contribution in [0.15, 0.2) is 4.99 Å². The molecule has 0 aliphatic carbocycles. The smallest absolute Gasteiger partial charge is 0.221 e. The average molecular weight is 200 g/mol. The third-order valence-electron chi connectivity index (χ3n) is 1.55.